The van der Waals surface area contributed by atoms with Gasteiger partial charge in [0.25, 0.3) is 0 Å². The normalized spacial score (nSPS) is 19.0. The molecule has 0 aromatic carbocycles. The average molecular weight is 377 g/mol. The first-order chi connectivity index (χ1) is 9.47. The number of fused-ring (bicyclic) bond motifs is 1. The number of aryl methyl sites for hydroxylation is 2. The van der Waals surface area contributed by atoms with Crippen LogP contribution in [0.5, 0.6) is 0 Å². The summed E-state index contributed by atoms with van der Waals surface area (Å²) in [7, 11) is -3.54. The smallest absolute Gasteiger partial charge is 0.242 e. The first kappa shape index (κ1) is 14.2. The zero-order chi connectivity index (χ0) is 14.3. The molecule has 0 amide bonds. The summed E-state index contributed by atoms with van der Waals surface area (Å²) >= 11 is 4.73. The molecule has 3 heterocycles. The van der Waals surface area contributed by atoms with Gasteiger partial charge in [-0.05, 0) is 41.8 Å². The SMILES string of the molecule is Cc1sc(Br)cc1S(=O)(=O)NC1CCCn2ncnc21. The van der Waals surface area contributed by atoms with Gasteiger partial charge in [0.2, 0.25) is 10.0 Å². The van der Waals surface area contributed by atoms with Gasteiger partial charge in [0.1, 0.15) is 12.2 Å². The molecular weight excluding hydrogens is 364 g/mol. The van der Waals surface area contributed by atoms with Crippen molar-refractivity contribution in [3.05, 3.63) is 26.9 Å². The Balaban J connectivity index is 1.91. The lowest BCUT2D eigenvalue weighted by molar-refractivity contribution is 0.400. The maximum absolute atomic E-state index is 12.5. The summed E-state index contributed by atoms with van der Waals surface area (Å²) in [6, 6.07) is 1.32. The van der Waals surface area contributed by atoms with E-state index in [0.717, 1.165) is 28.0 Å². The van der Waals surface area contributed by atoms with Crippen molar-refractivity contribution in [3.8, 4) is 0 Å². The summed E-state index contributed by atoms with van der Waals surface area (Å²) in [5, 5.41) is 4.10. The Morgan fingerprint density at radius 3 is 3.05 bits per heavy atom. The van der Waals surface area contributed by atoms with E-state index in [0.29, 0.717) is 10.7 Å². The third-order valence-corrected chi connectivity index (χ3v) is 6.53. The Labute approximate surface area is 129 Å². The number of aromatic nitrogens is 3. The molecule has 0 saturated carbocycles. The predicted octanol–water partition coefficient (Wildman–Crippen LogP) is 2.22. The lowest BCUT2D eigenvalue weighted by atomic mass is 10.1. The number of nitrogens with zero attached hydrogens (tertiary/aromatic N) is 3. The van der Waals surface area contributed by atoms with Gasteiger partial charge in [-0.1, -0.05) is 0 Å². The van der Waals surface area contributed by atoms with E-state index in [1.54, 1.807) is 17.7 Å². The highest BCUT2D eigenvalue weighted by molar-refractivity contribution is 9.11. The molecule has 0 aliphatic carbocycles. The van der Waals surface area contributed by atoms with Crippen molar-refractivity contribution < 1.29 is 8.42 Å². The number of rotatable bonds is 3. The van der Waals surface area contributed by atoms with Crippen molar-refractivity contribution in [2.24, 2.45) is 0 Å². The van der Waals surface area contributed by atoms with Gasteiger partial charge in [0.05, 0.1) is 14.7 Å². The molecule has 1 aliphatic heterocycles. The highest BCUT2D eigenvalue weighted by Crippen LogP contribution is 2.31. The van der Waals surface area contributed by atoms with E-state index >= 15 is 0 Å². The summed E-state index contributed by atoms with van der Waals surface area (Å²) in [6.07, 6.45) is 3.09. The predicted molar refractivity (Wildman–Crippen MR) is 79.1 cm³/mol. The van der Waals surface area contributed by atoms with Crippen LogP contribution in [-0.4, -0.2) is 23.2 Å². The highest BCUT2D eigenvalue weighted by atomic mass is 79.9. The van der Waals surface area contributed by atoms with Crippen LogP contribution in [0.4, 0.5) is 0 Å². The van der Waals surface area contributed by atoms with Crippen LogP contribution in [-0.2, 0) is 16.6 Å². The van der Waals surface area contributed by atoms with E-state index in [9.17, 15) is 8.42 Å². The number of hydrogen-bond donors (Lipinski definition) is 1. The molecule has 2 aromatic heterocycles. The van der Waals surface area contributed by atoms with Crippen LogP contribution >= 0.6 is 27.3 Å². The maximum atomic E-state index is 12.5. The van der Waals surface area contributed by atoms with Gasteiger partial charge in [-0.3, -0.25) is 0 Å². The second kappa shape index (κ2) is 5.21. The molecule has 0 spiro atoms. The van der Waals surface area contributed by atoms with E-state index in [4.69, 9.17) is 0 Å². The number of nitrogens with one attached hydrogen (secondary N) is 1. The Bertz CT molecular complexity index is 737. The molecule has 3 rings (SSSR count). The third-order valence-electron chi connectivity index (χ3n) is 3.25. The Hall–Kier alpha value is -0.770. The van der Waals surface area contributed by atoms with Gasteiger partial charge in [0.15, 0.2) is 0 Å². The minimum Gasteiger partial charge on any atom is -0.248 e. The monoisotopic (exact) mass is 376 g/mol. The molecule has 1 aliphatic rings. The largest absolute Gasteiger partial charge is 0.248 e. The second-order valence-electron chi connectivity index (χ2n) is 4.63. The van der Waals surface area contributed by atoms with Gasteiger partial charge in [0, 0.05) is 11.4 Å². The Kier molecular flexibility index (Phi) is 3.69. The highest BCUT2D eigenvalue weighted by Gasteiger charge is 2.29. The quantitative estimate of drug-likeness (QED) is 0.890. The summed E-state index contributed by atoms with van der Waals surface area (Å²) in [4.78, 5) is 5.25. The molecule has 9 heteroatoms. The first-order valence-corrected chi connectivity index (χ1v) is 9.22. The fraction of sp³-hybridized carbons (Fsp3) is 0.455. The van der Waals surface area contributed by atoms with E-state index in [1.165, 1.54) is 17.7 Å². The number of sulfonamides is 1. The minimum absolute atomic E-state index is 0.311. The van der Waals surface area contributed by atoms with E-state index in [2.05, 4.69) is 30.7 Å². The van der Waals surface area contributed by atoms with Crippen LogP contribution in [0.1, 0.15) is 29.6 Å². The van der Waals surface area contributed by atoms with Crippen molar-refractivity contribution in [2.75, 3.05) is 0 Å². The van der Waals surface area contributed by atoms with Crippen LogP contribution in [0.15, 0.2) is 21.1 Å². The van der Waals surface area contributed by atoms with Crippen molar-refractivity contribution >= 4 is 37.3 Å². The molecule has 2 aromatic rings. The van der Waals surface area contributed by atoms with Crippen molar-refractivity contribution in [1.29, 1.82) is 0 Å². The van der Waals surface area contributed by atoms with Crippen LogP contribution in [0.3, 0.4) is 0 Å². The van der Waals surface area contributed by atoms with E-state index in [1.807, 2.05) is 0 Å². The van der Waals surface area contributed by atoms with Gasteiger partial charge < -0.3 is 0 Å². The summed E-state index contributed by atoms with van der Waals surface area (Å²) in [6.45, 7) is 2.59. The van der Waals surface area contributed by atoms with Gasteiger partial charge >= 0.3 is 0 Å². The average Bonchev–Trinajstić information content (AvgIpc) is 2.96. The number of thiophene rings is 1. The molecule has 0 fully saturated rings. The molecule has 0 radical (unpaired) electrons. The maximum Gasteiger partial charge on any atom is 0.242 e. The van der Waals surface area contributed by atoms with Gasteiger partial charge in [-0.2, -0.15) is 5.10 Å². The standard InChI is InChI=1S/C11H13BrN4O2S2/c1-7-9(5-10(12)19-7)20(17,18)15-8-3-2-4-16-11(8)13-6-14-16/h5-6,8,15H,2-4H2,1H3. The zero-order valence-electron chi connectivity index (χ0n) is 10.7. The second-order valence-corrected chi connectivity index (χ2v) is 8.95. The lowest BCUT2D eigenvalue weighted by Crippen LogP contribution is -2.33. The van der Waals surface area contributed by atoms with Crippen molar-refractivity contribution in [2.45, 2.75) is 37.2 Å². The van der Waals surface area contributed by atoms with Crippen LogP contribution in [0.25, 0.3) is 0 Å². The van der Waals surface area contributed by atoms with Gasteiger partial charge in [-0.25, -0.2) is 22.8 Å². The Morgan fingerprint density at radius 2 is 2.35 bits per heavy atom. The molecule has 0 saturated heterocycles. The summed E-state index contributed by atoms with van der Waals surface area (Å²) in [5.41, 5.74) is 0. The Morgan fingerprint density at radius 1 is 1.55 bits per heavy atom. The molecule has 1 atom stereocenters. The zero-order valence-corrected chi connectivity index (χ0v) is 13.9. The molecular formula is C11H13BrN4O2S2. The first-order valence-electron chi connectivity index (χ1n) is 6.13. The fourth-order valence-corrected chi connectivity index (χ4v) is 5.99. The molecule has 1 N–H and O–H groups in total. The number of hydrogen-bond acceptors (Lipinski definition) is 5. The topological polar surface area (TPSA) is 76.9 Å². The van der Waals surface area contributed by atoms with Crippen molar-refractivity contribution in [3.63, 3.8) is 0 Å². The molecule has 20 heavy (non-hydrogen) atoms. The molecule has 1 unspecified atom stereocenters. The van der Waals surface area contributed by atoms with Gasteiger partial charge in [-0.15, -0.1) is 11.3 Å². The van der Waals surface area contributed by atoms with E-state index < -0.39 is 10.0 Å². The van der Waals surface area contributed by atoms with Crippen LogP contribution < -0.4 is 4.72 Å². The minimum atomic E-state index is -3.54. The third kappa shape index (κ3) is 2.54. The van der Waals surface area contributed by atoms with E-state index in [-0.39, 0.29) is 6.04 Å². The van der Waals surface area contributed by atoms with Crippen LogP contribution in [0, 0.1) is 6.92 Å². The molecule has 108 valence electrons. The lowest BCUT2D eigenvalue weighted by Gasteiger charge is -2.22. The summed E-state index contributed by atoms with van der Waals surface area (Å²) < 4.78 is 30.3. The summed E-state index contributed by atoms with van der Waals surface area (Å²) in [5.74, 6) is 0.687. The van der Waals surface area contributed by atoms with Crippen LogP contribution in [0.2, 0.25) is 0 Å². The number of halogens is 1. The van der Waals surface area contributed by atoms with Crippen molar-refractivity contribution in [1.82, 2.24) is 19.5 Å². The fourth-order valence-electron chi connectivity index (χ4n) is 2.35. The molecule has 0 bridgehead atoms. The molecule has 6 nitrogen and oxygen atoms in total.